The molecule has 2 aromatic carbocycles. The van der Waals surface area contributed by atoms with Gasteiger partial charge >= 0.3 is 0 Å². The summed E-state index contributed by atoms with van der Waals surface area (Å²) in [6.07, 6.45) is 1.16. The zero-order valence-corrected chi connectivity index (χ0v) is 14.2. The Labute approximate surface area is 146 Å². The van der Waals surface area contributed by atoms with Gasteiger partial charge in [0.2, 0.25) is 5.91 Å². The van der Waals surface area contributed by atoms with Crippen LogP contribution < -0.4 is 19.7 Å². The summed E-state index contributed by atoms with van der Waals surface area (Å²) in [6, 6.07) is 12.7. The summed E-state index contributed by atoms with van der Waals surface area (Å²) in [6.45, 7) is -0.115. The Morgan fingerprint density at radius 3 is 2.68 bits per heavy atom. The molecule has 0 aliphatic carbocycles. The van der Waals surface area contributed by atoms with Crippen LogP contribution in [0.25, 0.3) is 0 Å². The molecule has 1 aliphatic heterocycles. The second-order valence-corrected chi connectivity index (χ2v) is 5.78. The zero-order chi connectivity index (χ0) is 17.8. The molecule has 130 valence electrons. The van der Waals surface area contributed by atoms with E-state index in [1.807, 2.05) is 24.3 Å². The van der Waals surface area contributed by atoms with Gasteiger partial charge < -0.3 is 19.7 Å². The molecule has 1 N–H and O–H groups in total. The number of para-hydroxylation sites is 2. The maximum absolute atomic E-state index is 12.1. The smallest absolute Gasteiger partial charge is 0.262 e. The van der Waals surface area contributed by atoms with Crippen molar-refractivity contribution in [3.8, 4) is 11.5 Å². The number of aryl methyl sites for hydroxylation is 1. The van der Waals surface area contributed by atoms with Crippen LogP contribution in [-0.2, 0) is 16.0 Å². The van der Waals surface area contributed by atoms with E-state index in [1.165, 1.54) is 0 Å². The average molecular weight is 340 g/mol. The standard InChI is InChI=1S/C19H20N2O4/c1-21-15-9-8-14(11-13(15)7-10-19(21)23)20-18(22)12-25-17-6-4-3-5-16(17)24-2/h3-6,8-9,11H,7,10,12H2,1-2H3,(H,20,22). The summed E-state index contributed by atoms with van der Waals surface area (Å²) in [4.78, 5) is 25.5. The number of nitrogens with zero attached hydrogens (tertiary/aromatic N) is 1. The number of hydrogen-bond acceptors (Lipinski definition) is 4. The van der Waals surface area contributed by atoms with E-state index in [0.29, 0.717) is 30.0 Å². The van der Waals surface area contributed by atoms with Gasteiger partial charge in [0, 0.05) is 24.8 Å². The number of carbonyl (C=O) groups is 2. The van der Waals surface area contributed by atoms with Crippen LogP contribution in [0.1, 0.15) is 12.0 Å². The molecule has 25 heavy (non-hydrogen) atoms. The Bertz CT molecular complexity index is 804. The number of fused-ring (bicyclic) bond motifs is 1. The third-order valence-corrected chi connectivity index (χ3v) is 4.13. The molecule has 0 atom stereocenters. The van der Waals surface area contributed by atoms with E-state index in [9.17, 15) is 9.59 Å². The van der Waals surface area contributed by atoms with Crippen LogP contribution in [0.3, 0.4) is 0 Å². The van der Waals surface area contributed by atoms with Crippen molar-refractivity contribution in [3.63, 3.8) is 0 Å². The highest BCUT2D eigenvalue weighted by atomic mass is 16.5. The fraction of sp³-hybridized carbons (Fsp3) is 0.263. The number of ether oxygens (including phenoxy) is 2. The van der Waals surface area contributed by atoms with Crippen LogP contribution in [0.5, 0.6) is 11.5 Å². The SMILES string of the molecule is COc1ccccc1OCC(=O)Nc1ccc2c(c1)CCC(=O)N2C. The first-order chi connectivity index (χ1) is 12.1. The fourth-order valence-corrected chi connectivity index (χ4v) is 2.81. The largest absolute Gasteiger partial charge is 0.493 e. The molecule has 3 rings (SSSR count). The van der Waals surface area contributed by atoms with Gasteiger partial charge in [0.25, 0.3) is 5.91 Å². The molecule has 2 aromatic rings. The summed E-state index contributed by atoms with van der Waals surface area (Å²) in [7, 11) is 3.32. The highest BCUT2D eigenvalue weighted by molar-refractivity contribution is 5.97. The van der Waals surface area contributed by atoms with Gasteiger partial charge in [-0.1, -0.05) is 12.1 Å². The average Bonchev–Trinajstić information content (AvgIpc) is 2.63. The van der Waals surface area contributed by atoms with Gasteiger partial charge in [-0.2, -0.15) is 0 Å². The van der Waals surface area contributed by atoms with E-state index in [-0.39, 0.29) is 18.4 Å². The fourth-order valence-electron chi connectivity index (χ4n) is 2.81. The molecule has 0 radical (unpaired) electrons. The maximum atomic E-state index is 12.1. The summed E-state index contributed by atoms with van der Waals surface area (Å²) < 4.78 is 10.7. The number of methoxy groups -OCH3 is 1. The van der Waals surface area contributed by atoms with Gasteiger partial charge in [-0.15, -0.1) is 0 Å². The normalized spacial score (nSPS) is 13.2. The minimum Gasteiger partial charge on any atom is -0.493 e. The molecule has 0 spiro atoms. The van der Waals surface area contributed by atoms with E-state index in [0.717, 1.165) is 11.3 Å². The van der Waals surface area contributed by atoms with Crippen LogP contribution >= 0.6 is 0 Å². The van der Waals surface area contributed by atoms with Crippen molar-refractivity contribution in [2.45, 2.75) is 12.8 Å². The molecule has 1 aliphatic rings. The minimum atomic E-state index is -0.258. The molecule has 0 saturated heterocycles. The molecule has 1 heterocycles. The number of hydrogen-bond donors (Lipinski definition) is 1. The van der Waals surface area contributed by atoms with Crippen LogP contribution in [0.15, 0.2) is 42.5 Å². The lowest BCUT2D eigenvalue weighted by atomic mass is 10.0. The van der Waals surface area contributed by atoms with Crippen molar-refractivity contribution in [1.29, 1.82) is 0 Å². The van der Waals surface area contributed by atoms with E-state index in [1.54, 1.807) is 37.3 Å². The van der Waals surface area contributed by atoms with Crippen molar-refractivity contribution >= 4 is 23.2 Å². The predicted octanol–water partition coefficient (Wildman–Crippen LogP) is 2.62. The zero-order valence-electron chi connectivity index (χ0n) is 14.2. The molecule has 0 bridgehead atoms. The molecule has 2 amide bonds. The molecule has 0 unspecified atom stereocenters. The monoisotopic (exact) mass is 340 g/mol. The van der Waals surface area contributed by atoms with Gasteiger partial charge in [0.05, 0.1) is 7.11 Å². The number of amides is 2. The lowest BCUT2D eigenvalue weighted by molar-refractivity contribution is -0.119. The molecular weight excluding hydrogens is 320 g/mol. The van der Waals surface area contributed by atoms with E-state index in [2.05, 4.69) is 5.32 Å². The van der Waals surface area contributed by atoms with Crippen molar-refractivity contribution < 1.29 is 19.1 Å². The topological polar surface area (TPSA) is 67.9 Å². The highest BCUT2D eigenvalue weighted by Crippen LogP contribution is 2.29. The molecule has 0 aromatic heterocycles. The van der Waals surface area contributed by atoms with Crippen LogP contribution in [0, 0.1) is 0 Å². The molecule has 0 saturated carbocycles. The Balaban J connectivity index is 1.63. The first-order valence-corrected chi connectivity index (χ1v) is 8.03. The first kappa shape index (κ1) is 16.8. The number of anilines is 2. The Hall–Kier alpha value is -3.02. The number of benzene rings is 2. The van der Waals surface area contributed by atoms with E-state index >= 15 is 0 Å². The predicted molar refractivity (Wildman–Crippen MR) is 95.3 cm³/mol. The van der Waals surface area contributed by atoms with Crippen molar-refractivity contribution in [3.05, 3.63) is 48.0 Å². The van der Waals surface area contributed by atoms with Gasteiger partial charge in [-0.3, -0.25) is 9.59 Å². The van der Waals surface area contributed by atoms with E-state index < -0.39 is 0 Å². The number of rotatable bonds is 5. The molecule has 0 fully saturated rings. The third-order valence-electron chi connectivity index (χ3n) is 4.13. The highest BCUT2D eigenvalue weighted by Gasteiger charge is 2.21. The minimum absolute atomic E-state index is 0.106. The van der Waals surface area contributed by atoms with Crippen LogP contribution in [0.2, 0.25) is 0 Å². The van der Waals surface area contributed by atoms with Crippen molar-refractivity contribution in [2.75, 3.05) is 31.0 Å². The van der Waals surface area contributed by atoms with Crippen molar-refractivity contribution in [1.82, 2.24) is 0 Å². The Morgan fingerprint density at radius 2 is 1.92 bits per heavy atom. The summed E-state index contributed by atoms with van der Waals surface area (Å²) in [5.41, 5.74) is 2.63. The Morgan fingerprint density at radius 1 is 1.16 bits per heavy atom. The summed E-state index contributed by atoms with van der Waals surface area (Å²) in [5, 5.41) is 2.82. The molecular formula is C19H20N2O4. The second-order valence-electron chi connectivity index (χ2n) is 5.78. The van der Waals surface area contributed by atoms with Gasteiger partial charge in [0.1, 0.15) is 0 Å². The molecule has 6 nitrogen and oxygen atoms in total. The quantitative estimate of drug-likeness (QED) is 0.908. The summed E-state index contributed by atoms with van der Waals surface area (Å²) in [5.74, 6) is 0.947. The molecule has 6 heteroatoms. The second kappa shape index (κ2) is 7.25. The van der Waals surface area contributed by atoms with Crippen LogP contribution in [0.4, 0.5) is 11.4 Å². The Kier molecular flexibility index (Phi) is 4.88. The van der Waals surface area contributed by atoms with Gasteiger partial charge in [0.15, 0.2) is 18.1 Å². The van der Waals surface area contributed by atoms with Gasteiger partial charge in [-0.25, -0.2) is 0 Å². The lowest BCUT2D eigenvalue weighted by Gasteiger charge is -2.26. The lowest BCUT2D eigenvalue weighted by Crippen LogP contribution is -2.31. The van der Waals surface area contributed by atoms with Gasteiger partial charge in [-0.05, 0) is 42.3 Å². The number of nitrogens with one attached hydrogen (secondary N) is 1. The third kappa shape index (κ3) is 3.74. The maximum Gasteiger partial charge on any atom is 0.262 e. The first-order valence-electron chi connectivity index (χ1n) is 8.03. The summed E-state index contributed by atoms with van der Waals surface area (Å²) >= 11 is 0. The number of carbonyl (C=O) groups excluding carboxylic acids is 2. The van der Waals surface area contributed by atoms with Crippen molar-refractivity contribution in [2.24, 2.45) is 0 Å². The van der Waals surface area contributed by atoms with Crippen LogP contribution in [-0.4, -0.2) is 32.6 Å². The van der Waals surface area contributed by atoms with E-state index in [4.69, 9.17) is 9.47 Å².